The highest BCUT2D eigenvalue weighted by molar-refractivity contribution is 7.89. The van der Waals surface area contributed by atoms with Gasteiger partial charge in [0.25, 0.3) is 10.0 Å². The van der Waals surface area contributed by atoms with Crippen LogP contribution in [0.1, 0.15) is 23.9 Å². The highest BCUT2D eigenvalue weighted by Gasteiger charge is 2.16. The third-order valence-electron chi connectivity index (χ3n) is 3.15. The minimum atomic E-state index is -3.56. The van der Waals surface area contributed by atoms with E-state index in [2.05, 4.69) is 14.7 Å². The van der Waals surface area contributed by atoms with Gasteiger partial charge in [0.15, 0.2) is 5.03 Å². The fourth-order valence-electron chi connectivity index (χ4n) is 1.91. The van der Waals surface area contributed by atoms with Gasteiger partial charge in [-0.2, -0.15) is 0 Å². The van der Waals surface area contributed by atoms with E-state index in [0.29, 0.717) is 18.8 Å². The summed E-state index contributed by atoms with van der Waals surface area (Å²) in [5, 5.41) is 0.0964. The molecule has 0 spiro atoms. The first-order valence-electron chi connectivity index (χ1n) is 6.86. The number of aromatic amines is 1. The SMILES string of the molecule is CCc1ncc(S(=O)(=O)NCc2ccc(CCN)cc2)[nH]1. The molecule has 1 aromatic carbocycles. The molecule has 6 nitrogen and oxygen atoms in total. The molecule has 0 radical (unpaired) electrons. The predicted octanol–water partition coefficient (Wildman–Crippen LogP) is 0.952. The Hall–Kier alpha value is -1.70. The highest BCUT2D eigenvalue weighted by Crippen LogP contribution is 2.09. The standard InChI is InChI=1S/C14H20N4O2S/c1-2-13-16-10-14(18-13)21(19,20)17-9-12-5-3-11(4-6-12)7-8-15/h3-6,10,17H,2,7-9,15H2,1H3,(H,16,18). The molecule has 0 saturated heterocycles. The van der Waals surface area contributed by atoms with Crippen LogP contribution in [-0.2, 0) is 29.4 Å². The van der Waals surface area contributed by atoms with Gasteiger partial charge in [-0.15, -0.1) is 0 Å². The van der Waals surface area contributed by atoms with E-state index >= 15 is 0 Å². The van der Waals surface area contributed by atoms with Crippen LogP contribution < -0.4 is 10.5 Å². The van der Waals surface area contributed by atoms with Crippen molar-refractivity contribution < 1.29 is 8.42 Å². The Balaban J connectivity index is 2.01. The van der Waals surface area contributed by atoms with Gasteiger partial charge in [-0.05, 0) is 24.1 Å². The van der Waals surface area contributed by atoms with E-state index in [9.17, 15) is 8.42 Å². The van der Waals surface area contributed by atoms with E-state index in [-0.39, 0.29) is 11.6 Å². The average Bonchev–Trinajstić information content (AvgIpc) is 2.97. The first kappa shape index (κ1) is 15.7. The van der Waals surface area contributed by atoms with Gasteiger partial charge in [-0.1, -0.05) is 31.2 Å². The van der Waals surface area contributed by atoms with E-state index < -0.39 is 10.0 Å². The molecule has 21 heavy (non-hydrogen) atoms. The lowest BCUT2D eigenvalue weighted by atomic mass is 10.1. The monoisotopic (exact) mass is 308 g/mol. The summed E-state index contributed by atoms with van der Waals surface area (Å²) in [5.74, 6) is 0.654. The second-order valence-electron chi connectivity index (χ2n) is 4.73. The summed E-state index contributed by atoms with van der Waals surface area (Å²) in [5.41, 5.74) is 7.53. The van der Waals surface area contributed by atoms with E-state index in [1.807, 2.05) is 31.2 Å². The zero-order valence-corrected chi connectivity index (χ0v) is 12.8. The van der Waals surface area contributed by atoms with Crippen LogP contribution in [0.2, 0.25) is 0 Å². The summed E-state index contributed by atoms with van der Waals surface area (Å²) in [6, 6.07) is 7.72. The first-order valence-corrected chi connectivity index (χ1v) is 8.35. The van der Waals surface area contributed by atoms with Crippen LogP contribution in [0.25, 0.3) is 0 Å². The van der Waals surface area contributed by atoms with Crippen LogP contribution in [-0.4, -0.2) is 24.9 Å². The number of hydrogen-bond acceptors (Lipinski definition) is 4. The number of aromatic nitrogens is 2. The molecular weight excluding hydrogens is 288 g/mol. The number of nitrogens with zero attached hydrogens (tertiary/aromatic N) is 1. The molecule has 0 atom stereocenters. The van der Waals surface area contributed by atoms with Crippen molar-refractivity contribution in [3.8, 4) is 0 Å². The van der Waals surface area contributed by atoms with Crippen LogP contribution in [0.15, 0.2) is 35.5 Å². The second kappa shape index (κ2) is 6.84. The van der Waals surface area contributed by atoms with Crippen molar-refractivity contribution in [1.29, 1.82) is 0 Å². The van der Waals surface area contributed by atoms with Crippen molar-refractivity contribution in [2.45, 2.75) is 31.3 Å². The molecule has 0 unspecified atom stereocenters. The number of hydrogen-bond donors (Lipinski definition) is 3. The molecule has 0 amide bonds. The van der Waals surface area contributed by atoms with Gasteiger partial charge < -0.3 is 10.7 Å². The minimum Gasteiger partial charge on any atom is -0.332 e. The second-order valence-corrected chi connectivity index (χ2v) is 6.46. The van der Waals surface area contributed by atoms with Gasteiger partial charge in [-0.25, -0.2) is 18.1 Å². The van der Waals surface area contributed by atoms with Crippen LogP contribution >= 0.6 is 0 Å². The molecule has 1 heterocycles. The molecule has 4 N–H and O–H groups in total. The number of nitrogens with two attached hydrogens (primary N) is 1. The number of sulfonamides is 1. The molecule has 114 valence electrons. The number of benzene rings is 1. The highest BCUT2D eigenvalue weighted by atomic mass is 32.2. The fraction of sp³-hybridized carbons (Fsp3) is 0.357. The van der Waals surface area contributed by atoms with Crippen LogP contribution in [0.5, 0.6) is 0 Å². The summed E-state index contributed by atoms with van der Waals surface area (Å²) in [6.07, 6.45) is 2.82. The van der Waals surface area contributed by atoms with Gasteiger partial charge in [0.05, 0.1) is 6.20 Å². The van der Waals surface area contributed by atoms with Gasteiger partial charge in [0, 0.05) is 13.0 Å². The lowest BCUT2D eigenvalue weighted by Crippen LogP contribution is -2.23. The zero-order chi connectivity index (χ0) is 15.3. The third kappa shape index (κ3) is 4.13. The van der Waals surface area contributed by atoms with Crippen molar-refractivity contribution in [1.82, 2.24) is 14.7 Å². The molecule has 0 saturated carbocycles. The predicted molar refractivity (Wildman–Crippen MR) is 81.2 cm³/mol. The lowest BCUT2D eigenvalue weighted by Gasteiger charge is -2.06. The Morgan fingerprint density at radius 3 is 2.48 bits per heavy atom. The summed E-state index contributed by atoms with van der Waals surface area (Å²) in [6.45, 7) is 2.75. The Kier molecular flexibility index (Phi) is 5.11. The molecule has 1 aromatic heterocycles. The molecular formula is C14H20N4O2S. The Morgan fingerprint density at radius 1 is 1.24 bits per heavy atom. The maximum Gasteiger partial charge on any atom is 0.257 e. The van der Waals surface area contributed by atoms with Crippen molar-refractivity contribution in [2.24, 2.45) is 5.73 Å². The summed E-state index contributed by atoms with van der Waals surface area (Å²) >= 11 is 0. The molecule has 2 aromatic rings. The van der Waals surface area contributed by atoms with Gasteiger partial charge in [0.2, 0.25) is 0 Å². The van der Waals surface area contributed by atoms with E-state index in [1.165, 1.54) is 6.20 Å². The topological polar surface area (TPSA) is 101 Å². The quantitative estimate of drug-likeness (QED) is 0.709. The molecule has 0 aliphatic rings. The van der Waals surface area contributed by atoms with Crippen LogP contribution in [0, 0.1) is 0 Å². The van der Waals surface area contributed by atoms with Gasteiger partial charge in [0.1, 0.15) is 5.82 Å². The Labute approximate surface area is 124 Å². The van der Waals surface area contributed by atoms with Crippen molar-refractivity contribution >= 4 is 10.0 Å². The number of nitrogens with one attached hydrogen (secondary N) is 2. The molecule has 0 fully saturated rings. The van der Waals surface area contributed by atoms with Crippen LogP contribution in [0.4, 0.5) is 0 Å². The fourth-order valence-corrected chi connectivity index (χ4v) is 2.86. The van der Waals surface area contributed by atoms with Gasteiger partial charge in [-0.3, -0.25) is 0 Å². The third-order valence-corrected chi connectivity index (χ3v) is 4.46. The maximum absolute atomic E-state index is 12.1. The Morgan fingerprint density at radius 2 is 1.90 bits per heavy atom. The summed E-state index contributed by atoms with van der Waals surface area (Å²) < 4.78 is 26.8. The largest absolute Gasteiger partial charge is 0.332 e. The number of imidazole rings is 1. The van der Waals surface area contributed by atoms with Crippen molar-refractivity contribution in [3.05, 3.63) is 47.4 Å². The smallest absolute Gasteiger partial charge is 0.257 e. The molecule has 7 heteroatoms. The number of aryl methyl sites for hydroxylation is 1. The zero-order valence-electron chi connectivity index (χ0n) is 12.0. The van der Waals surface area contributed by atoms with Crippen LogP contribution in [0.3, 0.4) is 0 Å². The normalized spacial score (nSPS) is 11.7. The molecule has 2 rings (SSSR count). The maximum atomic E-state index is 12.1. The van der Waals surface area contributed by atoms with Gasteiger partial charge >= 0.3 is 0 Å². The number of H-pyrrole nitrogens is 1. The summed E-state index contributed by atoms with van der Waals surface area (Å²) in [7, 11) is -3.56. The van der Waals surface area contributed by atoms with E-state index in [1.54, 1.807) is 0 Å². The first-order chi connectivity index (χ1) is 10.0. The van der Waals surface area contributed by atoms with Crippen molar-refractivity contribution in [3.63, 3.8) is 0 Å². The van der Waals surface area contributed by atoms with E-state index in [0.717, 1.165) is 17.5 Å². The number of rotatable bonds is 7. The van der Waals surface area contributed by atoms with E-state index in [4.69, 9.17) is 5.73 Å². The molecule has 0 aliphatic carbocycles. The van der Waals surface area contributed by atoms with Crippen molar-refractivity contribution in [2.75, 3.05) is 6.54 Å². The molecule has 0 aliphatic heterocycles. The molecule has 0 bridgehead atoms. The Bertz CT molecular complexity index is 677. The average molecular weight is 308 g/mol. The minimum absolute atomic E-state index is 0.0964. The lowest BCUT2D eigenvalue weighted by molar-refractivity contribution is 0.578. The summed E-state index contributed by atoms with van der Waals surface area (Å²) in [4.78, 5) is 6.79.